The van der Waals surface area contributed by atoms with Crippen LogP contribution in [-0.4, -0.2) is 30.3 Å². The molecular formula is C21H22ClNO4. The minimum atomic E-state index is -0.878. The summed E-state index contributed by atoms with van der Waals surface area (Å²) in [6.45, 7) is 3.69. The molecule has 1 atom stereocenters. The lowest BCUT2D eigenvalue weighted by molar-refractivity contribution is -0.146. The minimum absolute atomic E-state index is 0.0221. The third-order valence-electron chi connectivity index (χ3n) is 4.05. The smallest absolute Gasteiger partial charge is 0.308 e. The largest absolute Gasteiger partial charge is 0.454 e. The highest BCUT2D eigenvalue weighted by Crippen LogP contribution is 2.11. The van der Waals surface area contributed by atoms with Crippen molar-refractivity contribution in [3.8, 4) is 0 Å². The van der Waals surface area contributed by atoms with Gasteiger partial charge in [0, 0.05) is 22.7 Å². The molecule has 0 saturated carbocycles. The molecule has 142 valence electrons. The van der Waals surface area contributed by atoms with Gasteiger partial charge in [-0.05, 0) is 43.2 Å². The van der Waals surface area contributed by atoms with E-state index in [1.807, 2.05) is 19.1 Å². The van der Waals surface area contributed by atoms with Crippen LogP contribution in [0.1, 0.15) is 46.5 Å². The second kappa shape index (κ2) is 9.88. The van der Waals surface area contributed by atoms with Gasteiger partial charge in [-0.15, -0.1) is 0 Å². The van der Waals surface area contributed by atoms with Gasteiger partial charge in [-0.3, -0.25) is 14.4 Å². The molecule has 0 aromatic heterocycles. The van der Waals surface area contributed by atoms with E-state index in [4.69, 9.17) is 16.3 Å². The van der Waals surface area contributed by atoms with Crippen molar-refractivity contribution in [3.05, 3.63) is 70.2 Å². The number of Topliss-reactive ketones (excluding diaryl/α,β-unsaturated/α-hetero) is 1. The van der Waals surface area contributed by atoms with Crippen molar-refractivity contribution >= 4 is 29.3 Å². The van der Waals surface area contributed by atoms with Crippen molar-refractivity contribution in [2.45, 2.75) is 32.8 Å². The van der Waals surface area contributed by atoms with Gasteiger partial charge in [0.05, 0.1) is 6.42 Å². The standard InChI is InChI=1S/C21H22ClNO4/c1-3-15-4-6-16(7-5-15)20(25)14(2)27-19(24)12-13-23-21(26)17-8-10-18(22)11-9-17/h4-11,14H,3,12-13H2,1-2H3,(H,23,26)/t14-/m1/s1. The van der Waals surface area contributed by atoms with Gasteiger partial charge in [-0.2, -0.15) is 0 Å². The minimum Gasteiger partial charge on any atom is -0.454 e. The monoisotopic (exact) mass is 387 g/mol. The van der Waals surface area contributed by atoms with Crippen molar-refractivity contribution in [2.24, 2.45) is 0 Å². The van der Waals surface area contributed by atoms with Crippen LogP contribution in [0, 0.1) is 0 Å². The van der Waals surface area contributed by atoms with Gasteiger partial charge in [0.25, 0.3) is 5.91 Å². The quantitative estimate of drug-likeness (QED) is 0.551. The van der Waals surface area contributed by atoms with Gasteiger partial charge < -0.3 is 10.1 Å². The fourth-order valence-corrected chi connectivity index (χ4v) is 2.56. The Balaban J connectivity index is 1.77. The number of rotatable bonds is 8. The van der Waals surface area contributed by atoms with E-state index >= 15 is 0 Å². The van der Waals surface area contributed by atoms with Gasteiger partial charge in [-0.1, -0.05) is 42.8 Å². The number of halogens is 1. The summed E-state index contributed by atoms with van der Waals surface area (Å²) in [4.78, 5) is 36.2. The Morgan fingerprint density at radius 1 is 1.00 bits per heavy atom. The lowest BCUT2D eigenvalue weighted by atomic mass is 10.0. The molecule has 0 unspecified atom stereocenters. The van der Waals surface area contributed by atoms with Crippen LogP contribution >= 0.6 is 11.6 Å². The third-order valence-corrected chi connectivity index (χ3v) is 4.30. The van der Waals surface area contributed by atoms with Crippen molar-refractivity contribution < 1.29 is 19.1 Å². The predicted molar refractivity (Wildman–Crippen MR) is 104 cm³/mol. The van der Waals surface area contributed by atoms with Gasteiger partial charge in [0.1, 0.15) is 0 Å². The molecule has 0 aliphatic rings. The molecule has 0 aliphatic heterocycles. The van der Waals surface area contributed by atoms with Gasteiger partial charge in [0.15, 0.2) is 6.10 Å². The molecular weight excluding hydrogens is 366 g/mol. The Morgan fingerprint density at radius 2 is 1.59 bits per heavy atom. The highest BCUT2D eigenvalue weighted by molar-refractivity contribution is 6.30. The fraction of sp³-hybridized carbons (Fsp3) is 0.286. The van der Waals surface area contributed by atoms with Crippen LogP contribution in [0.5, 0.6) is 0 Å². The number of hydrogen-bond donors (Lipinski definition) is 1. The molecule has 0 spiro atoms. The number of ether oxygens (including phenoxy) is 1. The summed E-state index contributed by atoms with van der Waals surface area (Å²) in [5, 5.41) is 3.17. The number of benzene rings is 2. The van der Waals surface area contributed by atoms with Crippen LogP contribution in [0.4, 0.5) is 0 Å². The number of esters is 1. The van der Waals surface area contributed by atoms with Crippen molar-refractivity contribution in [3.63, 3.8) is 0 Å². The first-order chi connectivity index (χ1) is 12.9. The molecule has 2 aromatic carbocycles. The molecule has 5 nitrogen and oxygen atoms in total. The third kappa shape index (κ3) is 6.22. The van der Waals surface area contributed by atoms with Crippen LogP contribution in [0.2, 0.25) is 5.02 Å². The van der Waals surface area contributed by atoms with Gasteiger partial charge >= 0.3 is 5.97 Å². The SMILES string of the molecule is CCc1ccc(C(=O)[C@@H](C)OC(=O)CCNC(=O)c2ccc(Cl)cc2)cc1. The van der Waals surface area contributed by atoms with E-state index in [1.54, 1.807) is 43.3 Å². The number of aryl methyl sites for hydroxylation is 1. The highest BCUT2D eigenvalue weighted by Gasteiger charge is 2.19. The van der Waals surface area contributed by atoms with Crippen molar-refractivity contribution in [1.29, 1.82) is 0 Å². The maximum atomic E-state index is 12.3. The number of amides is 1. The van der Waals surface area contributed by atoms with Gasteiger partial charge in [0.2, 0.25) is 5.78 Å². The number of ketones is 1. The van der Waals surface area contributed by atoms with Crippen LogP contribution in [0.25, 0.3) is 0 Å². The summed E-state index contributed by atoms with van der Waals surface area (Å²) in [6, 6.07) is 13.7. The molecule has 2 aromatic rings. The zero-order chi connectivity index (χ0) is 19.8. The summed E-state index contributed by atoms with van der Waals surface area (Å²) in [5.41, 5.74) is 2.09. The molecule has 27 heavy (non-hydrogen) atoms. The molecule has 1 amide bonds. The topological polar surface area (TPSA) is 72.5 Å². The second-order valence-electron chi connectivity index (χ2n) is 6.06. The van der Waals surface area contributed by atoms with Gasteiger partial charge in [-0.25, -0.2) is 0 Å². The zero-order valence-electron chi connectivity index (χ0n) is 15.3. The number of carbonyl (C=O) groups is 3. The Kier molecular flexibility index (Phi) is 7.55. The average molecular weight is 388 g/mol. The van der Waals surface area contributed by atoms with E-state index in [9.17, 15) is 14.4 Å². The summed E-state index contributed by atoms with van der Waals surface area (Å²) in [6.07, 6.45) is -0.0103. The molecule has 2 rings (SSSR count). The van der Waals surface area contributed by atoms with E-state index in [-0.39, 0.29) is 24.7 Å². The van der Waals surface area contributed by atoms with Crippen molar-refractivity contribution in [1.82, 2.24) is 5.32 Å². The first-order valence-electron chi connectivity index (χ1n) is 8.77. The first kappa shape index (κ1) is 20.6. The summed E-state index contributed by atoms with van der Waals surface area (Å²) < 4.78 is 5.17. The Bertz CT molecular complexity index is 800. The Hall–Kier alpha value is -2.66. The predicted octanol–water partition coefficient (Wildman–Crippen LogP) is 3.84. The van der Waals surface area contributed by atoms with E-state index in [1.165, 1.54) is 0 Å². The summed E-state index contributed by atoms with van der Waals surface area (Å²) >= 11 is 5.78. The average Bonchev–Trinajstić information content (AvgIpc) is 2.67. The molecule has 0 bridgehead atoms. The van der Waals surface area contributed by atoms with Crippen LogP contribution in [-0.2, 0) is 16.0 Å². The fourth-order valence-electron chi connectivity index (χ4n) is 2.43. The Morgan fingerprint density at radius 3 is 2.19 bits per heavy atom. The van der Waals surface area contributed by atoms with Crippen LogP contribution in [0.15, 0.2) is 48.5 Å². The molecule has 6 heteroatoms. The molecule has 0 fully saturated rings. The van der Waals surface area contributed by atoms with E-state index < -0.39 is 12.1 Å². The van der Waals surface area contributed by atoms with E-state index in [0.29, 0.717) is 16.1 Å². The second-order valence-corrected chi connectivity index (χ2v) is 6.50. The lowest BCUT2D eigenvalue weighted by Gasteiger charge is -2.13. The van der Waals surface area contributed by atoms with E-state index in [0.717, 1.165) is 12.0 Å². The van der Waals surface area contributed by atoms with Crippen molar-refractivity contribution in [2.75, 3.05) is 6.54 Å². The van der Waals surface area contributed by atoms with E-state index in [2.05, 4.69) is 5.32 Å². The molecule has 0 radical (unpaired) electrons. The summed E-state index contributed by atoms with van der Waals surface area (Å²) in [5.74, 6) is -1.10. The zero-order valence-corrected chi connectivity index (χ0v) is 16.1. The molecule has 0 heterocycles. The first-order valence-corrected chi connectivity index (χ1v) is 9.15. The molecule has 0 saturated heterocycles. The normalized spacial score (nSPS) is 11.5. The van der Waals surface area contributed by atoms with Crippen LogP contribution in [0.3, 0.4) is 0 Å². The molecule has 1 N–H and O–H groups in total. The van der Waals surface area contributed by atoms with Crippen LogP contribution < -0.4 is 5.32 Å². The number of nitrogens with one attached hydrogen (secondary N) is 1. The Labute approximate surface area is 163 Å². The summed E-state index contributed by atoms with van der Waals surface area (Å²) in [7, 11) is 0. The lowest BCUT2D eigenvalue weighted by Crippen LogP contribution is -2.29. The number of hydrogen-bond acceptors (Lipinski definition) is 4. The highest BCUT2D eigenvalue weighted by atomic mass is 35.5. The number of carbonyl (C=O) groups excluding carboxylic acids is 3. The maximum Gasteiger partial charge on any atom is 0.308 e. The maximum absolute atomic E-state index is 12.3. The molecule has 0 aliphatic carbocycles.